The summed E-state index contributed by atoms with van der Waals surface area (Å²) in [6, 6.07) is 4.70. The minimum absolute atomic E-state index is 0.0602. The number of sulfonamides is 1. The van der Waals surface area contributed by atoms with Gasteiger partial charge in [0, 0.05) is 13.2 Å². The number of hydrogen-bond donors (Lipinski definition) is 2. The molecular weight excluding hydrogens is 297 g/mol. The Morgan fingerprint density at radius 3 is 2.56 bits per heavy atom. The summed E-state index contributed by atoms with van der Waals surface area (Å²) in [6.45, 7) is 1.90. The van der Waals surface area contributed by atoms with E-state index in [0.29, 0.717) is 15.6 Å². The van der Waals surface area contributed by atoms with Crippen molar-refractivity contribution in [1.82, 2.24) is 4.72 Å². The van der Waals surface area contributed by atoms with Crippen LogP contribution in [-0.2, 0) is 15.8 Å². The molecule has 0 saturated heterocycles. The van der Waals surface area contributed by atoms with Gasteiger partial charge in [-0.1, -0.05) is 36.2 Å². The fourth-order valence-electron chi connectivity index (χ4n) is 1.23. The van der Waals surface area contributed by atoms with Gasteiger partial charge in [-0.25, -0.2) is 13.1 Å². The first-order valence-corrected chi connectivity index (χ1v) is 7.77. The van der Waals surface area contributed by atoms with Crippen LogP contribution in [0.2, 0.25) is 10.0 Å². The van der Waals surface area contributed by atoms with Crippen molar-refractivity contribution in [2.75, 3.05) is 13.2 Å². The Kier molecular flexibility index (Phi) is 5.88. The molecule has 0 amide bonds. The summed E-state index contributed by atoms with van der Waals surface area (Å²) in [4.78, 5) is 0. The second-order valence-corrected chi connectivity index (χ2v) is 6.77. The van der Waals surface area contributed by atoms with Crippen molar-refractivity contribution >= 4 is 33.2 Å². The molecule has 0 aliphatic rings. The van der Waals surface area contributed by atoms with Gasteiger partial charge < -0.3 is 5.11 Å². The molecule has 1 unspecified atom stereocenters. The van der Waals surface area contributed by atoms with Crippen LogP contribution in [0.1, 0.15) is 12.5 Å². The highest BCUT2D eigenvalue weighted by Crippen LogP contribution is 2.23. The lowest BCUT2D eigenvalue weighted by Crippen LogP contribution is -2.30. The number of benzene rings is 1. The predicted molar refractivity (Wildman–Crippen MR) is 73.3 cm³/mol. The zero-order chi connectivity index (χ0) is 13.8. The molecule has 0 saturated carbocycles. The monoisotopic (exact) mass is 311 g/mol. The molecule has 0 radical (unpaired) electrons. The molecule has 1 aromatic rings. The smallest absolute Gasteiger partial charge is 0.215 e. The number of aliphatic hydroxyl groups is 1. The minimum Gasteiger partial charge on any atom is -0.396 e. The van der Waals surface area contributed by atoms with Crippen molar-refractivity contribution in [3.8, 4) is 0 Å². The summed E-state index contributed by atoms with van der Waals surface area (Å²) < 4.78 is 25.9. The second kappa shape index (κ2) is 6.73. The molecule has 0 spiro atoms. The molecule has 0 fully saturated rings. The van der Waals surface area contributed by atoms with Gasteiger partial charge in [0.05, 0.1) is 15.8 Å². The molecule has 4 nitrogen and oxygen atoms in total. The molecule has 18 heavy (non-hydrogen) atoms. The largest absolute Gasteiger partial charge is 0.396 e. The predicted octanol–water partition coefficient (Wildman–Crippen LogP) is 2.04. The molecule has 0 aromatic heterocycles. The average Bonchev–Trinajstić information content (AvgIpc) is 2.30. The third-order valence-corrected chi connectivity index (χ3v) is 4.36. The Morgan fingerprint density at radius 1 is 1.33 bits per heavy atom. The Labute approximate surface area is 117 Å². The van der Waals surface area contributed by atoms with Crippen molar-refractivity contribution in [1.29, 1.82) is 0 Å². The first kappa shape index (κ1) is 15.7. The standard InChI is InChI=1S/C11H15Cl2NO3S/c1-8(6-15)5-14-18(16,17)7-9-2-3-10(12)11(13)4-9/h2-4,8,14-15H,5-7H2,1H3. The molecule has 0 aliphatic carbocycles. The van der Waals surface area contributed by atoms with E-state index in [2.05, 4.69) is 4.72 Å². The maximum absolute atomic E-state index is 11.7. The number of hydrogen-bond acceptors (Lipinski definition) is 3. The maximum atomic E-state index is 11.7. The Hall–Kier alpha value is -0.330. The van der Waals surface area contributed by atoms with Crippen LogP contribution in [0.25, 0.3) is 0 Å². The quantitative estimate of drug-likeness (QED) is 0.845. The van der Waals surface area contributed by atoms with E-state index in [-0.39, 0.29) is 24.8 Å². The van der Waals surface area contributed by atoms with Gasteiger partial charge in [-0.2, -0.15) is 0 Å². The summed E-state index contributed by atoms with van der Waals surface area (Å²) >= 11 is 11.6. The lowest BCUT2D eigenvalue weighted by molar-refractivity contribution is 0.238. The van der Waals surface area contributed by atoms with Crippen LogP contribution in [0, 0.1) is 5.92 Å². The Morgan fingerprint density at radius 2 is 2.00 bits per heavy atom. The highest BCUT2D eigenvalue weighted by atomic mass is 35.5. The van der Waals surface area contributed by atoms with E-state index in [1.807, 2.05) is 0 Å². The number of halogens is 2. The van der Waals surface area contributed by atoms with E-state index in [4.69, 9.17) is 28.3 Å². The van der Waals surface area contributed by atoms with Crippen molar-refractivity contribution in [3.63, 3.8) is 0 Å². The van der Waals surface area contributed by atoms with E-state index < -0.39 is 10.0 Å². The van der Waals surface area contributed by atoms with Crippen molar-refractivity contribution in [2.24, 2.45) is 5.92 Å². The lowest BCUT2D eigenvalue weighted by atomic mass is 10.2. The Bertz CT molecular complexity index is 505. The summed E-state index contributed by atoms with van der Waals surface area (Å²) in [5, 5.41) is 9.54. The molecule has 0 aliphatic heterocycles. The normalized spacial score (nSPS) is 13.6. The van der Waals surface area contributed by atoms with Crippen LogP contribution >= 0.6 is 23.2 Å². The van der Waals surface area contributed by atoms with Crippen LogP contribution in [0.5, 0.6) is 0 Å². The topological polar surface area (TPSA) is 66.4 Å². The number of rotatable bonds is 6. The van der Waals surface area contributed by atoms with Gasteiger partial charge in [0.25, 0.3) is 0 Å². The third-order valence-electron chi connectivity index (χ3n) is 2.30. The lowest BCUT2D eigenvalue weighted by Gasteiger charge is -2.10. The zero-order valence-corrected chi connectivity index (χ0v) is 12.2. The van der Waals surface area contributed by atoms with Gasteiger partial charge in [-0.15, -0.1) is 0 Å². The third kappa shape index (κ3) is 5.12. The summed E-state index contributed by atoms with van der Waals surface area (Å²) in [5.41, 5.74) is 0.563. The molecular formula is C11H15Cl2NO3S. The fourth-order valence-corrected chi connectivity index (χ4v) is 2.81. The van der Waals surface area contributed by atoms with Crippen LogP contribution in [0.3, 0.4) is 0 Å². The van der Waals surface area contributed by atoms with E-state index >= 15 is 0 Å². The number of nitrogens with one attached hydrogen (secondary N) is 1. The van der Waals surface area contributed by atoms with Crippen molar-refractivity contribution in [2.45, 2.75) is 12.7 Å². The molecule has 0 bridgehead atoms. The van der Waals surface area contributed by atoms with Gasteiger partial charge in [0.2, 0.25) is 10.0 Å². The highest BCUT2D eigenvalue weighted by Gasteiger charge is 2.13. The van der Waals surface area contributed by atoms with Gasteiger partial charge in [-0.3, -0.25) is 0 Å². The fraction of sp³-hybridized carbons (Fsp3) is 0.455. The van der Waals surface area contributed by atoms with E-state index in [1.54, 1.807) is 19.1 Å². The first-order chi connectivity index (χ1) is 8.34. The molecule has 1 aromatic carbocycles. The summed E-state index contributed by atoms with van der Waals surface area (Å²) in [5.74, 6) is -0.282. The molecule has 2 N–H and O–H groups in total. The summed E-state index contributed by atoms with van der Waals surface area (Å²) in [7, 11) is -3.43. The first-order valence-electron chi connectivity index (χ1n) is 5.36. The van der Waals surface area contributed by atoms with E-state index in [9.17, 15) is 8.42 Å². The van der Waals surface area contributed by atoms with Crippen LogP contribution < -0.4 is 4.72 Å². The minimum atomic E-state index is -3.43. The van der Waals surface area contributed by atoms with Crippen LogP contribution in [0.15, 0.2) is 18.2 Å². The molecule has 1 rings (SSSR count). The van der Waals surface area contributed by atoms with Crippen LogP contribution in [0.4, 0.5) is 0 Å². The molecule has 102 valence electrons. The molecule has 7 heteroatoms. The second-order valence-electron chi connectivity index (χ2n) is 4.14. The number of aliphatic hydroxyl groups excluding tert-OH is 1. The van der Waals surface area contributed by atoms with Gasteiger partial charge >= 0.3 is 0 Å². The Balaban J connectivity index is 2.67. The van der Waals surface area contributed by atoms with Crippen LogP contribution in [-0.4, -0.2) is 26.7 Å². The summed E-state index contributed by atoms with van der Waals surface area (Å²) in [6.07, 6.45) is 0. The zero-order valence-electron chi connectivity index (χ0n) is 9.86. The van der Waals surface area contributed by atoms with E-state index in [0.717, 1.165) is 0 Å². The SMILES string of the molecule is CC(CO)CNS(=O)(=O)Cc1ccc(Cl)c(Cl)c1. The molecule has 0 heterocycles. The van der Waals surface area contributed by atoms with Crippen molar-refractivity contribution in [3.05, 3.63) is 33.8 Å². The maximum Gasteiger partial charge on any atom is 0.215 e. The van der Waals surface area contributed by atoms with Gasteiger partial charge in [-0.05, 0) is 23.6 Å². The molecule has 1 atom stereocenters. The highest BCUT2D eigenvalue weighted by molar-refractivity contribution is 7.88. The van der Waals surface area contributed by atoms with Gasteiger partial charge in [0.1, 0.15) is 0 Å². The van der Waals surface area contributed by atoms with E-state index in [1.165, 1.54) is 6.07 Å². The van der Waals surface area contributed by atoms with Crippen molar-refractivity contribution < 1.29 is 13.5 Å². The van der Waals surface area contributed by atoms with Gasteiger partial charge in [0.15, 0.2) is 0 Å². The average molecular weight is 312 g/mol.